The smallest absolute Gasteiger partial charge is 0.243 e. The molecule has 0 radical (unpaired) electrons. The van der Waals surface area contributed by atoms with Crippen LogP contribution in [0.3, 0.4) is 0 Å². The molecule has 2 aromatic carbocycles. The first-order chi connectivity index (χ1) is 20.3. The largest absolute Gasteiger partial charge is 0.380 e. The number of carbonyl (C=O) groups is 2. The monoisotopic (exact) mass is 570 g/mol. The van der Waals surface area contributed by atoms with E-state index in [9.17, 15) is 14.0 Å². The zero-order valence-corrected chi connectivity index (χ0v) is 24.2. The van der Waals surface area contributed by atoms with E-state index in [1.54, 1.807) is 12.1 Å². The number of aromatic amines is 1. The van der Waals surface area contributed by atoms with Crippen molar-refractivity contribution >= 4 is 22.8 Å². The topological polar surface area (TPSA) is 96.1 Å². The molecule has 8 heteroatoms. The number of fused-ring (bicyclic) bond motifs is 3. The van der Waals surface area contributed by atoms with Gasteiger partial charge in [-0.25, -0.2) is 9.37 Å². The first kappa shape index (κ1) is 26.4. The van der Waals surface area contributed by atoms with Crippen molar-refractivity contribution in [2.24, 2.45) is 16.7 Å². The molecule has 3 atom stereocenters. The molecule has 5 aliphatic carbocycles. The van der Waals surface area contributed by atoms with E-state index in [0.29, 0.717) is 25.5 Å². The molecule has 1 aliphatic heterocycles. The summed E-state index contributed by atoms with van der Waals surface area (Å²) in [6.07, 6.45) is 8.84. The third kappa shape index (κ3) is 3.97. The number of amides is 2. The summed E-state index contributed by atoms with van der Waals surface area (Å²) in [5.74, 6) is 1.47. The van der Waals surface area contributed by atoms with Gasteiger partial charge in [-0.15, -0.1) is 0 Å². The van der Waals surface area contributed by atoms with Gasteiger partial charge in [0.1, 0.15) is 17.7 Å². The molecular formula is C34H39FN4O3. The first-order valence-corrected chi connectivity index (χ1v) is 15.8. The van der Waals surface area contributed by atoms with Crippen LogP contribution in [-0.2, 0) is 32.6 Å². The number of aromatic nitrogens is 2. The second-order valence-corrected chi connectivity index (χ2v) is 13.9. The van der Waals surface area contributed by atoms with Gasteiger partial charge in [0.15, 0.2) is 0 Å². The number of rotatable bonds is 8. The Morgan fingerprint density at radius 1 is 1.14 bits per heavy atom. The highest BCUT2D eigenvalue weighted by Crippen LogP contribution is 2.64. The molecule has 6 aliphatic rings. The molecule has 1 saturated heterocycles. The number of imidazole rings is 1. The Hall–Kier alpha value is -3.26. The van der Waals surface area contributed by atoms with Crippen molar-refractivity contribution in [3.63, 3.8) is 0 Å². The molecule has 7 nitrogen and oxygen atoms in total. The molecular weight excluding hydrogens is 531 g/mol. The lowest BCUT2D eigenvalue weighted by atomic mass is 9.64. The minimum atomic E-state index is -0.859. The van der Waals surface area contributed by atoms with Crippen molar-refractivity contribution in [3.8, 4) is 0 Å². The Kier molecular flexibility index (Phi) is 5.88. The zero-order valence-electron chi connectivity index (χ0n) is 24.2. The molecule has 2 heterocycles. The number of ether oxygens (including phenoxy) is 1. The SMILES string of the molecule is CCNC(=O)[C@H](NC(=O)C1(c2ccc3nc(C[C@H]4c5cc(F)ccc5CC45CC5)[nH]c3c2)CCOC1)C12CCC(C1)C2. The maximum absolute atomic E-state index is 14.2. The van der Waals surface area contributed by atoms with Crippen LogP contribution in [0, 0.1) is 22.6 Å². The molecule has 3 aromatic rings. The van der Waals surface area contributed by atoms with Crippen molar-refractivity contribution in [2.45, 2.75) is 82.1 Å². The summed E-state index contributed by atoms with van der Waals surface area (Å²) in [5.41, 5.74) is 4.30. The van der Waals surface area contributed by atoms with Gasteiger partial charge in [0, 0.05) is 25.0 Å². The van der Waals surface area contributed by atoms with Crippen LogP contribution in [-0.4, -0.2) is 47.6 Å². The highest BCUT2D eigenvalue weighted by molar-refractivity contribution is 5.95. The van der Waals surface area contributed by atoms with Gasteiger partial charge in [-0.2, -0.15) is 0 Å². The molecule has 3 N–H and O–H groups in total. The van der Waals surface area contributed by atoms with Crippen LogP contribution in [0.1, 0.15) is 80.3 Å². The average molecular weight is 571 g/mol. The quantitative estimate of drug-likeness (QED) is 0.361. The van der Waals surface area contributed by atoms with Crippen molar-refractivity contribution in [3.05, 3.63) is 64.7 Å². The van der Waals surface area contributed by atoms with Crippen molar-refractivity contribution in [2.75, 3.05) is 19.8 Å². The second-order valence-electron chi connectivity index (χ2n) is 13.9. The standard InChI is InChI=1S/C34H39FN4O3/c1-2-36-30(40)29(33-8-7-20(16-33)17-33)39-31(41)34(11-12-42-19-34)22-4-6-26-27(13-22)38-28(37-26)15-25-24-14-23(35)5-3-21(24)18-32(25)9-10-32/h3-6,13-14,20,25,29H,2,7-12,15-19H2,1H3,(H,36,40)(H,37,38)(H,39,41)/t20?,25-,29-,33?,34?/m0/s1. The molecule has 4 saturated carbocycles. The van der Waals surface area contributed by atoms with E-state index in [2.05, 4.69) is 15.6 Å². The van der Waals surface area contributed by atoms with Crippen LogP contribution in [0.4, 0.5) is 4.39 Å². The molecule has 2 bridgehead atoms. The molecule has 9 rings (SSSR count). The van der Waals surface area contributed by atoms with Gasteiger partial charge in [-0.1, -0.05) is 12.1 Å². The first-order valence-electron chi connectivity index (χ1n) is 15.8. The van der Waals surface area contributed by atoms with Gasteiger partial charge in [-0.3, -0.25) is 9.59 Å². The van der Waals surface area contributed by atoms with Gasteiger partial charge in [0.05, 0.1) is 23.1 Å². The second kappa shape index (κ2) is 9.37. The number of nitrogens with one attached hydrogen (secondary N) is 3. The Labute approximate surface area is 245 Å². The van der Waals surface area contributed by atoms with E-state index in [0.717, 1.165) is 66.5 Å². The lowest BCUT2D eigenvalue weighted by molar-refractivity contribution is -0.137. The van der Waals surface area contributed by atoms with Crippen LogP contribution in [0.25, 0.3) is 11.0 Å². The molecule has 2 amide bonds. The third-order valence-electron chi connectivity index (χ3n) is 11.5. The lowest BCUT2D eigenvalue weighted by Gasteiger charge is -2.45. The number of carbonyl (C=O) groups excluding carboxylic acids is 2. The summed E-state index contributed by atoms with van der Waals surface area (Å²) in [6, 6.07) is 10.8. The van der Waals surface area contributed by atoms with Crippen molar-refractivity contribution in [1.29, 1.82) is 0 Å². The summed E-state index contributed by atoms with van der Waals surface area (Å²) in [7, 11) is 0. The predicted octanol–water partition coefficient (Wildman–Crippen LogP) is 4.83. The number of benzene rings is 2. The van der Waals surface area contributed by atoms with Crippen LogP contribution in [0.2, 0.25) is 0 Å². The van der Waals surface area contributed by atoms with Crippen LogP contribution in [0.5, 0.6) is 0 Å². The predicted molar refractivity (Wildman–Crippen MR) is 156 cm³/mol. The fraction of sp³-hybridized carbons (Fsp3) is 0.559. The molecule has 220 valence electrons. The zero-order chi connectivity index (χ0) is 28.7. The average Bonchev–Trinajstić information content (AvgIpc) is 3.50. The van der Waals surface area contributed by atoms with Gasteiger partial charge >= 0.3 is 0 Å². The Balaban J connectivity index is 1.08. The highest BCUT2D eigenvalue weighted by atomic mass is 19.1. The van der Waals surface area contributed by atoms with Gasteiger partial charge in [0.25, 0.3) is 0 Å². The van der Waals surface area contributed by atoms with E-state index in [1.807, 2.05) is 31.2 Å². The Morgan fingerprint density at radius 3 is 2.71 bits per heavy atom. The summed E-state index contributed by atoms with van der Waals surface area (Å²) < 4.78 is 20.0. The Morgan fingerprint density at radius 2 is 2.00 bits per heavy atom. The van der Waals surface area contributed by atoms with Crippen LogP contribution >= 0.6 is 0 Å². The van der Waals surface area contributed by atoms with Crippen molar-refractivity contribution < 1.29 is 18.7 Å². The summed E-state index contributed by atoms with van der Waals surface area (Å²) in [6.45, 7) is 3.25. The van der Waals surface area contributed by atoms with Crippen LogP contribution < -0.4 is 10.6 Å². The van der Waals surface area contributed by atoms with Gasteiger partial charge in [-0.05, 0) is 116 Å². The van der Waals surface area contributed by atoms with E-state index >= 15 is 0 Å². The van der Waals surface area contributed by atoms with E-state index < -0.39 is 11.5 Å². The maximum atomic E-state index is 14.2. The van der Waals surface area contributed by atoms with Gasteiger partial charge in [0.2, 0.25) is 11.8 Å². The van der Waals surface area contributed by atoms with E-state index in [-0.39, 0.29) is 41.0 Å². The van der Waals surface area contributed by atoms with E-state index in [1.165, 1.54) is 18.4 Å². The Bertz CT molecular complexity index is 1580. The molecule has 1 spiro atoms. The number of nitrogens with zero attached hydrogens (tertiary/aromatic N) is 1. The number of halogens is 1. The molecule has 42 heavy (non-hydrogen) atoms. The normalized spacial score (nSPS) is 30.7. The minimum absolute atomic E-state index is 0.0734. The summed E-state index contributed by atoms with van der Waals surface area (Å²) >= 11 is 0. The number of hydrogen-bond acceptors (Lipinski definition) is 4. The van der Waals surface area contributed by atoms with Gasteiger partial charge < -0.3 is 20.4 Å². The minimum Gasteiger partial charge on any atom is -0.380 e. The maximum Gasteiger partial charge on any atom is 0.243 e. The van der Waals surface area contributed by atoms with Crippen molar-refractivity contribution in [1.82, 2.24) is 20.6 Å². The summed E-state index contributed by atoms with van der Waals surface area (Å²) in [5, 5.41) is 6.22. The third-order valence-corrected chi connectivity index (χ3v) is 11.5. The molecule has 5 fully saturated rings. The number of H-pyrrole nitrogens is 1. The van der Waals surface area contributed by atoms with Crippen LogP contribution in [0.15, 0.2) is 36.4 Å². The molecule has 1 aromatic heterocycles. The lowest BCUT2D eigenvalue weighted by Crippen LogP contribution is -2.61. The molecule has 1 unspecified atom stereocenters. The fourth-order valence-corrected chi connectivity index (χ4v) is 9.06. The fourth-order valence-electron chi connectivity index (χ4n) is 9.06. The number of likely N-dealkylation sites (N-methyl/N-ethyl adjacent to an activating group) is 1. The van der Waals surface area contributed by atoms with E-state index in [4.69, 9.17) is 9.72 Å². The highest BCUT2D eigenvalue weighted by Gasteiger charge is 2.58. The number of hydrogen-bond donors (Lipinski definition) is 3. The summed E-state index contributed by atoms with van der Waals surface area (Å²) in [4.78, 5) is 35.9.